The van der Waals surface area contributed by atoms with Crippen molar-refractivity contribution in [2.75, 3.05) is 0 Å². The minimum atomic E-state index is 0.574. The Labute approximate surface area is 342 Å². The molecule has 0 N–H and O–H groups in total. The molecule has 0 fully saturated rings. The summed E-state index contributed by atoms with van der Waals surface area (Å²) in [5.74, 6) is 1.81. The summed E-state index contributed by atoms with van der Waals surface area (Å²) < 4.78 is 4.60. The Morgan fingerprint density at radius 3 is 1.37 bits per heavy atom. The molecule has 0 atom stereocenters. The Kier molecular flexibility index (Phi) is 9.16. The van der Waals surface area contributed by atoms with Crippen LogP contribution in [0.4, 0.5) is 0 Å². The van der Waals surface area contributed by atoms with Crippen LogP contribution in [0.2, 0.25) is 0 Å². The standard InChI is InChI=1S/C51H33N5.C3H6/c1-4-14-34(15-5-1)35-24-26-36(27-25-35)37-28-30-39(31-29-37)50-52-49(38-16-6-2-7-17-38)53-51(54-50)56-44-22-12-10-20-41(44)42-32-33-46-47(48(42)56)43-21-11-13-23-45(43)55(46)40-18-8-3-9-19-40;1-3-2/h1-33H;3H,1H2,2H3. The third-order valence-electron chi connectivity index (χ3n) is 10.8. The van der Waals surface area contributed by atoms with Crippen molar-refractivity contribution in [3.05, 3.63) is 213 Å². The van der Waals surface area contributed by atoms with Gasteiger partial charge in [-0.05, 0) is 59.5 Å². The molecule has 11 aromatic rings. The lowest BCUT2D eigenvalue weighted by Crippen LogP contribution is -2.06. The van der Waals surface area contributed by atoms with Crippen LogP contribution >= 0.6 is 0 Å². The Hall–Kier alpha value is -7.89. The zero-order chi connectivity index (χ0) is 39.7. The second-order valence-corrected chi connectivity index (χ2v) is 14.5. The van der Waals surface area contributed by atoms with E-state index in [9.17, 15) is 0 Å². The van der Waals surface area contributed by atoms with Gasteiger partial charge in [0, 0.05) is 38.4 Å². The average molecular weight is 758 g/mol. The molecule has 280 valence electrons. The van der Waals surface area contributed by atoms with Gasteiger partial charge in [0.25, 0.3) is 0 Å². The smallest absolute Gasteiger partial charge is 0.238 e. The molecule has 0 amide bonds. The predicted molar refractivity (Wildman–Crippen MR) is 246 cm³/mol. The number of hydrogen-bond donors (Lipinski definition) is 0. The molecule has 3 aromatic heterocycles. The molecule has 0 unspecified atom stereocenters. The molecule has 0 spiro atoms. The van der Waals surface area contributed by atoms with Crippen LogP contribution in [0.3, 0.4) is 0 Å². The first-order valence-electron chi connectivity index (χ1n) is 19.9. The lowest BCUT2D eigenvalue weighted by atomic mass is 9.99. The predicted octanol–water partition coefficient (Wildman–Crippen LogP) is 13.9. The van der Waals surface area contributed by atoms with Crippen molar-refractivity contribution in [3.63, 3.8) is 0 Å². The largest absolute Gasteiger partial charge is 0.309 e. The van der Waals surface area contributed by atoms with Gasteiger partial charge in [-0.15, -0.1) is 6.58 Å². The van der Waals surface area contributed by atoms with Crippen LogP contribution in [0.15, 0.2) is 213 Å². The van der Waals surface area contributed by atoms with Gasteiger partial charge in [0.1, 0.15) is 0 Å². The number of fused-ring (bicyclic) bond motifs is 7. The first-order chi connectivity index (χ1) is 29.2. The molecule has 0 saturated carbocycles. The van der Waals surface area contributed by atoms with E-state index in [1.54, 1.807) is 6.08 Å². The van der Waals surface area contributed by atoms with Crippen LogP contribution in [0.1, 0.15) is 6.92 Å². The van der Waals surface area contributed by atoms with Crippen molar-refractivity contribution in [1.29, 1.82) is 0 Å². The SMILES string of the molecule is C=CC.c1ccc(-c2ccc(-c3ccc(-c4nc(-c5ccccc5)nc(-n5c6ccccc6c6ccc7c(c8ccccc8n7-c7ccccc7)c65)n4)cc3)cc2)cc1. The van der Waals surface area contributed by atoms with E-state index in [2.05, 4.69) is 192 Å². The van der Waals surface area contributed by atoms with E-state index in [1.807, 2.05) is 31.2 Å². The van der Waals surface area contributed by atoms with Crippen LogP contribution in [-0.2, 0) is 0 Å². The second kappa shape index (κ2) is 15.2. The van der Waals surface area contributed by atoms with Crippen LogP contribution in [0.25, 0.3) is 100 Å². The number of hydrogen-bond acceptors (Lipinski definition) is 3. The van der Waals surface area contributed by atoms with Crippen LogP contribution in [0, 0.1) is 0 Å². The summed E-state index contributed by atoms with van der Waals surface area (Å²) in [5, 5.41) is 4.62. The van der Waals surface area contributed by atoms with Crippen LogP contribution < -0.4 is 0 Å². The maximum Gasteiger partial charge on any atom is 0.238 e. The van der Waals surface area contributed by atoms with E-state index in [1.165, 1.54) is 16.5 Å². The number of rotatable bonds is 6. The molecule has 8 aromatic carbocycles. The highest BCUT2D eigenvalue weighted by Gasteiger charge is 2.23. The second-order valence-electron chi connectivity index (χ2n) is 14.5. The highest BCUT2D eigenvalue weighted by atomic mass is 15.2. The van der Waals surface area contributed by atoms with Gasteiger partial charge >= 0.3 is 0 Å². The third-order valence-corrected chi connectivity index (χ3v) is 10.8. The van der Waals surface area contributed by atoms with Gasteiger partial charge in [-0.25, -0.2) is 4.98 Å². The van der Waals surface area contributed by atoms with Gasteiger partial charge in [0.05, 0.1) is 22.1 Å². The molecule has 3 heterocycles. The quantitative estimate of drug-likeness (QED) is 0.159. The molecule has 59 heavy (non-hydrogen) atoms. The summed E-state index contributed by atoms with van der Waals surface area (Å²) in [7, 11) is 0. The molecule has 0 aliphatic rings. The van der Waals surface area contributed by atoms with Gasteiger partial charge in [-0.2, -0.15) is 9.97 Å². The van der Waals surface area contributed by atoms with Crippen molar-refractivity contribution in [2.45, 2.75) is 6.92 Å². The molecular formula is C54H39N5. The number of nitrogens with zero attached hydrogens (tertiary/aromatic N) is 5. The summed E-state index contributed by atoms with van der Waals surface area (Å²) in [6.45, 7) is 5.25. The van der Waals surface area contributed by atoms with Gasteiger partial charge in [0.2, 0.25) is 5.95 Å². The normalized spacial score (nSPS) is 11.2. The third kappa shape index (κ3) is 6.35. The molecular weight excluding hydrogens is 719 g/mol. The average Bonchev–Trinajstić information content (AvgIpc) is 3.83. The monoisotopic (exact) mass is 757 g/mol. The first kappa shape index (κ1) is 35.5. The van der Waals surface area contributed by atoms with E-state index >= 15 is 0 Å². The number of aromatic nitrogens is 5. The Morgan fingerprint density at radius 1 is 0.373 bits per heavy atom. The van der Waals surface area contributed by atoms with E-state index in [0.717, 1.165) is 66.2 Å². The van der Waals surface area contributed by atoms with Gasteiger partial charge in [-0.3, -0.25) is 4.57 Å². The molecule has 11 rings (SSSR count). The zero-order valence-corrected chi connectivity index (χ0v) is 32.6. The van der Waals surface area contributed by atoms with Gasteiger partial charge in [-0.1, -0.05) is 176 Å². The summed E-state index contributed by atoms with van der Waals surface area (Å²) in [6.07, 6.45) is 1.75. The fourth-order valence-electron chi connectivity index (χ4n) is 8.18. The molecule has 0 bridgehead atoms. The van der Waals surface area contributed by atoms with E-state index < -0.39 is 0 Å². The molecule has 0 aliphatic heterocycles. The Balaban J connectivity index is 0.00000136. The maximum atomic E-state index is 5.31. The summed E-state index contributed by atoms with van der Waals surface area (Å²) >= 11 is 0. The fraction of sp³-hybridized carbons (Fsp3) is 0.0185. The fourth-order valence-corrected chi connectivity index (χ4v) is 8.18. The lowest BCUT2D eigenvalue weighted by Gasteiger charge is -2.12. The lowest BCUT2D eigenvalue weighted by molar-refractivity contribution is 0.955. The van der Waals surface area contributed by atoms with Crippen molar-refractivity contribution >= 4 is 43.6 Å². The minimum Gasteiger partial charge on any atom is -0.309 e. The molecule has 5 heteroatoms. The molecule has 0 saturated heterocycles. The zero-order valence-electron chi connectivity index (χ0n) is 32.6. The van der Waals surface area contributed by atoms with Crippen molar-refractivity contribution < 1.29 is 0 Å². The van der Waals surface area contributed by atoms with Crippen LogP contribution in [-0.4, -0.2) is 24.1 Å². The van der Waals surface area contributed by atoms with E-state index in [-0.39, 0.29) is 0 Å². The van der Waals surface area contributed by atoms with Gasteiger partial charge in [0.15, 0.2) is 11.6 Å². The Bertz CT molecular complexity index is 3260. The molecule has 0 aliphatic carbocycles. The van der Waals surface area contributed by atoms with Crippen LogP contribution in [0.5, 0.6) is 0 Å². The van der Waals surface area contributed by atoms with Crippen molar-refractivity contribution in [2.24, 2.45) is 0 Å². The molecule has 0 radical (unpaired) electrons. The minimum absolute atomic E-state index is 0.574. The van der Waals surface area contributed by atoms with Gasteiger partial charge < -0.3 is 4.57 Å². The summed E-state index contributed by atoms with van der Waals surface area (Å²) in [4.78, 5) is 15.7. The number of allylic oxidation sites excluding steroid dienone is 1. The Morgan fingerprint density at radius 2 is 0.797 bits per heavy atom. The number of para-hydroxylation sites is 3. The maximum absolute atomic E-state index is 5.31. The number of benzene rings is 8. The topological polar surface area (TPSA) is 48.5 Å². The van der Waals surface area contributed by atoms with E-state index in [4.69, 9.17) is 15.0 Å². The van der Waals surface area contributed by atoms with Crippen molar-refractivity contribution in [1.82, 2.24) is 24.1 Å². The highest BCUT2D eigenvalue weighted by molar-refractivity contribution is 6.26. The summed E-state index contributed by atoms with van der Waals surface area (Å²) in [5.41, 5.74) is 12.0. The summed E-state index contributed by atoms with van der Waals surface area (Å²) in [6, 6.07) is 70.3. The first-order valence-corrected chi connectivity index (χ1v) is 19.9. The van der Waals surface area contributed by atoms with E-state index in [0.29, 0.717) is 17.6 Å². The van der Waals surface area contributed by atoms with Crippen molar-refractivity contribution in [3.8, 4) is 56.7 Å². The molecule has 5 nitrogen and oxygen atoms in total. The highest BCUT2D eigenvalue weighted by Crippen LogP contribution is 2.42.